The fourth-order valence-electron chi connectivity index (χ4n) is 1.29. The number of hydrogen-bond donors (Lipinski definition) is 1. The van der Waals surface area contributed by atoms with Crippen LogP contribution in [-0.4, -0.2) is 10.9 Å². The maximum Gasteiger partial charge on any atom is 0.293 e. The predicted molar refractivity (Wildman–Crippen MR) is 65.7 cm³/mol. The SMILES string of the molecule is Cc1ncoc1C(=O)Nc1ccc(Cl)cc1Cl. The van der Waals surface area contributed by atoms with Crippen LogP contribution in [0.5, 0.6) is 0 Å². The van der Waals surface area contributed by atoms with Crippen molar-refractivity contribution in [2.45, 2.75) is 6.92 Å². The van der Waals surface area contributed by atoms with Crippen molar-refractivity contribution < 1.29 is 9.21 Å². The molecule has 0 atom stereocenters. The van der Waals surface area contributed by atoms with Crippen molar-refractivity contribution >= 4 is 34.8 Å². The van der Waals surface area contributed by atoms with Crippen molar-refractivity contribution in [3.8, 4) is 0 Å². The van der Waals surface area contributed by atoms with Crippen LogP contribution < -0.4 is 5.32 Å². The molecule has 6 heteroatoms. The van der Waals surface area contributed by atoms with Gasteiger partial charge < -0.3 is 9.73 Å². The molecule has 1 heterocycles. The van der Waals surface area contributed by atoms with Crippen molar-refractivity contribution in [1.29, 1.82) is 0 Å². The quantitative estimate of drug-likeness (QED) is 0.908. The second kappa shape index (κ2) is 4.77. The monoisotopic (exact) mass is 270 g/mol. The number of aromatic nitrogens is 1. The van der Waals surface area contributed by atoms with Gasteiger partial charge in [0.2, 0.25) is 5.76 Å². The summed E-state index contributed by atoms with van der Waals surface area (Å²) in [4.78, 5) is 15.6. The number of benzene rings is 1. The molecule has 2 rings (SSSR count). The molecule has 0 aliphatic carbocycles. The highest BCUT2D eigenvalue weighted by atomic mass is 35.5. The molecule has 0 saturated carbocycles. The normalized spacial score (nSPS) is 10.3. The van der Waals surface area contributed by atoms with Crippen molar-refractivity contribution in [2.24, 2.45) is 0 Å². The second-order valence-corrected chi connectivity index (χ2v) is 4.19. The maximum atomic E-state index is 11.8. The Bertz CT molecular complexity index is 566. The van der Waals surface area contributed by atoms with Gasteiger partial charge in [-0.05, 0) is 25.1 Å². The zero-order chi connectivity index (χ0) is 12.4. The Hall–Kier alpha value is -1.52. The Labute approximate surface area is 108 Å². The summed E-state index contributed by atoms with van der Waals surface area (Å²) in [6, 6.07) is 4.80. The van der Waals surface area contributed by atoms with E-state index in [0.717, 1.165) is 0 Å². The van der Waals surface area contributed by atoms with Gasteiger partial charge in [-0.1, -0.05) is 23.2 Å². The number of hydrogen-bond acceptors (Lipinski definition) is 3. The average molecular weight is 271 g/mol. The van der Waals surface area contributed by atoms with Crippen LogP contribution in [0.15, 0.2) is 29.0 Å². The van der Waals surface area contributed by atoms with Crippen LogP contribution in [0.1, 0.15) is 16.2 Å². The van der Waals surface area contributed by atoms with E-state index in [2.05, 4.69) is 10.3 Å². The van der Waals surface area contributed by atoms with Crippen molar-refractivity contribution in [3.05, 3.63) is 46.1 Å². The molecular formula is C11H8Cl2N2O2. The lowest BCUT2D eigenvalue weighted by atomic mass is 10.3. The van der Waals surface area contributed by atoms with Crippen molar-refractivity contribution in [3.63, 3.8) is 0 Å². The van der Waals surface area contributed by atoms with Gasteiger partial charge in [-0.2, -0.15) is 0 Å². The molecule has 1 aromatic carbocycles. The molecular weight excluding hydrogens is 263 g/mol. The summed E-state index contributed by atoms with van der Waals surface area (Å²) in [5, 5.41) is 3.48. The van der Waals surface area contributed by atoms with Crippen molar-refractivity contribution in [2.75, 3.05) is 5.32 Å². The number of nitrogens with one attached hydrogen (secondary N) is 1. The van der Waals surface area contributed by atoms with Crippen LogP contribution in [0.25, 0.3) is 0 Å². The molecule has 17 heavy (non-hydrogen) atoms. The van der Waals surface area contributed by atoms with Crippen LogP contribution >= 0.6 is 23.2 Å². The largest absolute Gasteiger partial charge is 0.438 e. The van der Waals surface area contributed by atoms with E-state index < -0.39 is 5.91 Å². The van der Waals surface area contributed by atoms with Gasteiger partial charge in [0.15, 0.2) is 6.39 Å². The smallest absolute Gasteiger partial charge is 0.293 e. The van der Waals surface area contributed by atoms with Crippen LogP contribution in [0.3, 0.4) is 0 Å². The lowest BCUT2D eigenvalue weighted by Gasteiger charge is -2.05. The fourth-order valence-corrected chi connectivity index (χ4v) is 1.75. The second-order valence-electron chi connectivity index (χ2n) is 3.35. The van der Waals surface area contributed by atoms with Gasteiger partial charge in [-0.25, -0.2) is 4.98 Å². The van der Waals surface area contributed by atoms with Gasteiger partial charge >= 0.3 is 0 Å². The van der Waals surface area contributed by atoms with Crippen LogP contribution in [-0.2, 0) is 0 Å². The Morgan fingerprint density at radius 2 is 2.18 bits per heavy atom. The number of carbonyl (C=O) groups is 1. The van der Waals surface area contributed by atoms with E-state index in [1.165, 1.54) is 6.39 Å². The van der Waals surface area contributed by atoms with Gasteiger partial charge in [-0.3, -0.25) is 4.79 Å². The number of nitrogens with zero attached hydrogens (tertiary/aromatic N) is 1. The van der Waals surface area contributed by atoms with Crippen LogP contribution in [0.2, 0.25) is 10.0 Å². The first-order valence-corrected chi connectivity index (χ1v) is 5.50. The number of rotatable bonds is 2. The lowest BCUT2D eigenvalue weighted by Crippen LogP contribution is -2.12. The van der Waals surface area contributed by atoms with Gasteiger partial charge in [0.25, 0.3) is 5.91 Å². The average Bonchev–Trinajstić information content (AvgIpc) is 2.68. The molecule has 0 spiro atoms. The standard InChI is InChI=1S/C11H8Cl2N2O2/c1-6-10(17-5-14-6)11(16)15-9-3-2-7(12)4-8(9)13/h2-5H,1H3,(H,15,16). The molecule has 1 N–H and O–H groups in total. The van der Waals surface area contributed by atoms with Crippen LogP contribution in [0.4, 0.5) is 5.69 Å². The summed E-state index contributed by atoms with van der Waals surface area (Å²) in [6.45, 7) is 1.68. The zero-order valence-corrected chi connectivity index (χ0v) is 10.3. The Morgan fingerprint density at radius 1 is 1.41 bits per heavy atom. The van der Waals surface area contributed by atoms with E-state index in [-0.39, 0.29) is 5.76 Å². The number of halogens is 2. The summed E-state index contributed by atoms with van der Waals surface area (Å²) < 4.78 is 4.97. The fraction of sp³-hybridized carbons (Fsp3) is 0.0909. The van der Waals surface area contributed by atoms with E-state index >= 15 is 0 Å². The minimum absolute atomic E-state index is 0.163. The maximum absolute atomic E-state index is 11.8. The highest BCUT2D eigenvalue weighted by Crippen LogP contribution is 2.25. The molecule has 0 fully saturated rings. The molecule has 0 unspecified atom stereocenters. The minimum atomic E-state index is -0.399. The molecule has 0 radical (unpaired) electrons. The zero-order valence-electron chi connectivity index (χ0n) is 8.83. The first kappa shape index (κ1) is 12.0. The molecule has 0 aliphatic rings. The summed E-state index contributed by atoms with van der Waals surface area (Å²) in [7, 11) is 0. The van der Waals surface area contributed by atoms with E-state index in [0.29, 0.717) is 21.4 Å². The number of oxazole rings is 1. The number of anilines is 1. The van der Waals surface area contributed by atoms with Gasteiger partial charge in [0.1, 0.15) is 0 Å². The molecule has 1 aromatic heterocycles. The van der Waals surface area contributed by atoms with Gasteiger partial charge in [0, 0.05) is 5.02 Å². The minimum Gasteiger partial charge on any atom is -0.438 e. The van der Waals surface area contributed by atoms with E-state index in [1.54, 1.807) is 25.1 Å². The Kier molecular flexibility index (Phi) is 3.36. The van der Waals surface area contributed by atoms with Gasteiger partial charge in [-0.15, -0.1) is 0 Å². The Balaban J connectivity index is 2.22. The molecule has 0 saturated heterocycles. The Morgan fingerprint density at radius 3 is 2.76 bits per heavy atom. The lowest BCUT2D eigenvalue weighted by molar-refractivity contribution is 0.0996. The van der Waals surface area contributed by atoms with E-state index in [1.807, 2.05) is 0 Å². The molecule has 0 bridgehead atoms. The summed E-state index contributed by atoms with van der Waals surface area (Å²) in [5.41, 5.74) is 0.990. The summed E-state index contributed by atoms with van der Waals surface area (Å²) in [5.74, 6) is -0.236. The third-order valence-electron chi connectivity index (χ3n) is 2.13. The number of amides is 1. The summed E-state index contributed by atoms with van der Waals surface area (Å²) in [6.07, 6.45) is 1.22. The molecule has 88 valence electrons. The van der Waals surface area contributed by atoms with Gasteiger partial charge in [0.05, 0.1) is 16.4 Å². The molecule has 1 amide bonds. The molecule has 0 aliphatic heterocycles. The highest BCUT2D eigenvalue weighted by molar-refractivity contribution is 6.36. The molecule has 2 aromatic rings. The van der Waals surface area contributed by atoms with E-state index in [4.69, 9.17) is 27.6 Å². The first-order valence-electron chi connectivity index (χ1n) is 4.74. The first-order chi connectivity index (χ1) is 8.08. The molecule has 4 nitrogen and oxygen atoms in total. The number of carbonyl (C=O) groups excluding carboxylic acids is 1. The van der Waals surface area contributed by atoms with E-state index in [9.17, 15) is 4.79 Å². The highest BCUT2D eigenvalue weighted by Gasteiger charge is 2.15. The summed E-state index contributed by atoms with van der Waals surface area (Å²) >= 11 is 11.7. The predicted octanol–water partition coefficient (Wildman–Crippen LogP) is 3.54. The van der Waals surface area contributed by atoms with Crippen LogP contribution in [0, 0.1) is 6.92 Å². The van der Waals surface area contributed by atoms with Crippen molar-refractivity contribution in [1.82, 2.24) is 4.98 Å². The third-order valence-corrected chi connectivity index (χ3v) is 2.68. The number of aryl methyl sites for hydroxylation is 1. The third kappa shape index (κ3) is 2.60. The topological polar surface area (TPSA) is 55.1 Å².